The summed E-state index contributed by atoms with van der Waals surface area (Å²) in [6.07, 6.45) is 2.34. The number of carbonyl (C=O) groups is 2. The molecule has 0 saturated heterocycles. The standard InChI is InChI=1S/C21H25NO4/c1-3-4-12-26-21-18(17-8-6-5-7-9-17)13-16(10-11-20(24)25)14-19(21)22-15(2)23/h5-9,13-14H,3-4,10-12H2,1-2H3,(H,22,23)(H,24,25). The van der Waals surface area contributed by atoms with Crippen molar-refractivity contribution in [2.45, 2.75) is 39.5 Å². The third-order valence-corrected chi connectivity index (χ3v) is 3.92. The number of aliphatic carboxylic acids is 1. The smallest absolute Gasteiger partial charge is 0.303 e. The SMILES string of the molecule is CCCCOc1c(NC(C)=O)cc(CCC(=O)O)cc1-c1ccccc1. The lowest BCUT2D eigenvalue weighted by Gasteiger charge is -2.18. The van der Waals surface area contributed by atoms with E-state index in [1.165, 1.54) is 6.92 Å². The minimum atomic E-state index is -0.851. The Labute approximate surface area is 154 Å². The molecule has 2 aromatic rings. The van der Waals surface area contributed by atoms with E-state index >= 15 is 0 Å². The van der Waals surface area contributed by atoms with E-state index in [2.05, 4.69) is 12.2 Å². The number of ether oxygens (including phenoxy) is 1. The predicted octanol–water partition coefficient (Wildman–Crippen LogP) is 4.51. The average Bonchev–Trinajstić information content (AvgIpc) is 2.61. The number of aryl methyl sites for hydroxylation is 1. The Morgan fingerprint density at radius 3 is 2.50 bits per heavy atom. The number of carboxylic acid groups (broad SMARTS) is 1. The van der Waals surface area contributed by atoms with E-state index in [4.69, 9.17) is 9.84 Å². The average molecular weight is 355 g/mol. The summed E-state index contributed by atoms with van der Waals surface area (Å²) in [5.41, 5.74) is 3.24. The summed E-state index contributed by atoms with van der Waals surface area (Å²) in [7, 11) is 0. The Bertz CT molecular complexity index is 756. The molecule has 2 N–H and O–H groups in total. The largest absolute Gasteiger partial charge is 0.491 e. The first kappa shape index (κ1) is 19.5. The highest BCUT2D eigenvalue weighted by Crippen LogP contribution is 2.38. The molecule has 0 radical (unpaired) electrons. The molecule has 0 spiro atoms. The van der Waals surface area contributed by atoms with Crippen molar-refractivity contribution in [2.75, 3.05) is 11.9 Å². The number of benzene rings is 2. The van der Waals surface area contributed by atoms with E-state index in [1.807, 2.05) is 36.4 Å². The molecule has 0 bridgehead atoms. The molecule has 26 heavy (non-hydrogen) atoms. The van der Waals surface area contributed by atoms with Crippen LogP contribution >= 0.6 is 0 Å². The molecule has 0 atom stereocenters. The maximum Gasteiger partial charge on any atom is 0.303 e. The van der Waals surface area contributed by atoms with Gasteiger partial charge in [0.05, 0.1) is 12.3 Å². The van der Waals surface area contributed by atoms with Crippen molar-refractivity contribution in [1.82, 2.24) is 0 Å². The molecule has 0 saturated carbocycles. The summed E-state index contributed by atoms with van der Waals surface area (Å²) in [5.74, 6) is -0.422. The van der Waals surface area contributed by atoms with Crippen molar-refractivity contribution in [3.05, 3.63) is 48.0 Å². The molecule has 0 heterocycles. The normalized spacial score (nSPS) is 10.4. The molecule has 2 aromatic carbocycles. The lowest BCUT2D eigenvalue weighted by molar-refractivity contribution is -0.137. The Morgan fingerprint density at radius 1 is 1.15 bits per heavy atom. The first-order valence-electron chi connectivity index (χ1n) is 8.85. The Hall–Kier alpha value is -2.82. The minimum Gasteiger partial charge on any atom is -0.491 e. The third kappa shape index (κ3) is 5.62. The summed E-state index contributed by atoms with van der Waals surface area (Å²) in [6, 6.07) is 13.5. The van der Waals surface area contributed by atoms with Gasteiger partial charge in [-0.05, 0) is 36.1 Å². The number of unbranched alkanes of at least 4 members (excludes halogenated alkanes) is 1. The fourth-order valence-corrected chi connectivity index (χ4v) is 2.67. The molecule has 0 aliphatic carbocycles. The van der Waals surface area contributed by atoms with Gasteiger partial charge in [-0.25, -0.2) is 0 Å². The van der Waals surface area contributed by atoms with Gasteiger partial charge in [0.15, 0.2) is 5.75 Å². The Morgan fingerprint density at radius 2 is 1.88 bits per heavy atom. The fraction of sp³-hybridized carbons (Fsp3) is 0.333. The van der Waals surface area contributed by atoms with Crippen LogP contribution < -0.4 is 10.1 Å². The number of amides is 1. The molecule has 0 fully saturated rings. The second-order valence-electron chi connectivity index (χ2n) is 6.16. The lowest BCUT2D eigenvalue weighted by atomic mass is 9.98. The van der Waals surface area contributed by atoms with Crippen LogP contribution in [0.3, 0.4) is 0 Å². The molecule has 0 aliphatic rings. The van der Waals surface area contributed by atoms with Gasteiger partial charge in [0.1, 0.15) is 0 Å². The van der Waals surface area contributed by atoms with Crippen LogP contribution in [0, 0.1) is 0 Å². The van der Waals surface area contributed by atoms with E-state index in [1.54, 1.807) is 6.07 Å². The zero-order valence-corrected chi connectivity index (χ0v) is 15.2. The number of carboxylic acids is 1. The van der Waals surface area contributed by atoms with Crippen LogP contribution in [0.25, 0.3) is 11.1 Å². The van der Waals surface area contributed by atoms with E-state index in [-0.39, 0.29) is 12.3 Å². The van der Waals surface area contributed by atoms with Gasteiger partial charge in [-0.15, -0.1) is 0 Å². The van der Waals surface area contributed by atoms with Gasteiger partial charge in [-0.2, -0.15) is 0 Å². The molecular weight excluding hydrogens is 330 g/mol. The monoisotopic (exact) mass is 355 g/mol. The molecule has 0 aromatic heterocycles. The third-order valence-electron chi connectivity index (χ3n) is 3.92. The lowest BCUT2D eigenvalue weighted by Crippen LogP contribution is -2.10. The van der Waals surface area contributed by atoms with Crippen molar-refractivity contribution in [2.24, 2.45) is 0 Å². The van der Waals surface area contributed by atoms with Crippen molar-refractivity contribution in [3.8, 4) is 16.9 Å². The Kier molecular flexibility index (Phi) is 7.21. The number of rotatable bonds is 9. The first-order chi connectivity index (χ1) is 12.5. The van der Waals surface area contributed by atoms with Crippen LogP contribution in [-0.2, 0) is 16.0 Å². The number of carbonyl (C=O) groups excluding carboxylic acids is 1. The maximum atomic E-state index is 11.7. The van der Waals surface area contributed by atoms with Crippen LogP contribution in [0.5, 0.6) is 5.75 Å². The molecule has 0 aliphatic heterocycles. The highest BCUT2D eigenvalue weighted by Gasteiger charge is 2.16. The van der Waals surface area contributed by atoms with E-state index in [9.17, 15) is 9.59 Å². The van der Waals surface area contributed by atoms with Crippen molar-refractivity contribution >= 4 is 17.6 Å². The highest BCUT2D eigenvalue weighted by molar-refractivity contribution is 5.93. The second kappa shape index (κ2) is 9.61. The van der Waals surface area contributed by atoms with Crippen LogP contribution in [0.15, 0.2) is 42.5 Å². The topological polar surface area (TPSA) is 75.6 Å². The quantitative estimate of drug-likeness (QED) is 0.649. The van der Waals surface area contributed by atoms with E-state index in [0.29, 0.717) is 24.5 Å². The van der Waals surface area contributed by atoms with Gasteiger partial charge in [0.25, 0.3) is 0 Å². The molecule has 1 amide bonds. The van der Waals surface area contributed by atoms with Crippen molar-refractivity contribution in [1.29, 1.82) is 0 Å². The summed E-state index contributed by atoms with van der Waals surface area (Å²) >= 11 is 0. The minimum absolute atomic E-state index is 0.0315. The van der Waals surface area contributed by atoms with Crippen LogP contribution in [0.1, 0.15) is 38.7 Å². The summed E-state index contributed by atoms with van der Waals surface area (Å²) < 4.78 is 6.01. The molecular formula is C21H25NO4. The van der Waals surface area contributed by atoms with Gasteiger partial charge in [0.2, 0.25) is 5.91 Å². The van der Waals surface area contributed by atoms with E-state index in [0.717, 1.165) is 29.5 Å². The van der Waals surface area contributed by atoms with Gasteiger partial charge >= 0.3 is 5.97 Å². The predicted molar refractivity (Wildman–Crippen MR) is 103 cm³/mol. The van der Waals surface area contributed by atoms with Crippen LogP contribution in [-0.4, -0.2) is 23.6 Å². The Balaban J connectivity index is 2.51. The highest BCUT2D eigenvalue weighted by atomic mass is 16.5. The van der Waals surface area contributed by atoms with Crippen LogP contribution in [0.2, 0.25) is 0 Å². The fourth-order valence-electron chi connectivity index (χ4n) is 2.67. The molecule has 138 valence electrons. The summed E-state index contributed by atoms with van der Waals surface area (Å²) in [4.78, 5) is 22.6. The molecule has 5 nitrogen and oxygen atoms in total. The molecule has 2 rings (SSSR count). The number of hydrogen-bond donors (Lipinski definition) is 2. The summed E-state index contributed by atoms with van der Waals surface area (Å²) in [6.45, 7) is 4.09. The molecule has 5 heteroatoms. The number of hydrogen-bond acceptors (Lipinski definition) is 3. The van der Waals surface area contributed by atoms with Crippen molar-refractivity contribution in [3.63, 3.8) is 0 Å². The van der Waals surface area contributed by atoms with Crippen molar-refractivity contribution < 1.29 is 19.4 Å². The maximum absolute atomic E-state index is 11.7. The van der Waals surface area contributed by atoms with Gasteiger partial charge < -0.3 is 15.2 Å². The van der Waals surface area contributed by atoms with Crippen LogP contribution in [0.4, 0.5) is 5.69 Å². The first-order valence-corrected chi connectivity index (χ1v) is 8.85. The summed E-state index contributed by atoms with van der Waals surface area (Å²) in [5, 5.41) is 11.8. The number of anilines is 1. The zero-order chi connectivity index (χ0) is 18.9. The van der Waals surface area contributed by atoms with Gasteiger partial charge in [-0.1, -0.05) is 43.7 Å². The van der Waals surface area contributed by atoms with Gasteiger partial charge in [0, 0.05) is 18.9 Å². The van der Waals surface area contributed by atoms with Gasteiger partial charge in [-0.3, -0.25) is 9.59 Å². The second-order valence-corrected chi connectivity index (χ2v) is 6.16. The number of nitrogens with one attached hydrogen (secondary N) is 1. The molecule has 0 unspecified atom stereocenters. The van der Waals surface area contributed by atoms with E-state index < -0.39 is 5.97 Å². The zero-order valence-electron chi connectivity index (χ0n) is 15.2.